The van der Waals surface area contributed by atoms with E-state index in [0.29, 0.717) is 5.69 Å². The van der Waals surface area contributed by atoms with E-state index in [-0.39, 0.29) is 22.5 Å². The van der Waals surface area contributed by atoms with Gasteiger partial charge in [-0.1, -0.05) is 55.4 Å². The number of allylic oxidation sites excluding steroid dienone is 9. The molecule has 4 nitrogen and oxygen atoms in total. The number of hydrogen-bond donors (Lipinski definition) is 2. The van der Waals surface area contributed by atoms with Gasteiger partial charge < -0.3 is 15.9 Å². The number of carbonyl (C=O) groups excluding carboxylic acids is 1. The second-order valence-electron chi connectivity index (χ2n) is 8.46. The summed E-state index contributed by atoms with van der Waals surface area (Å²) in [5.74, 6) is -0.0206. The molecule has 0 spiro atoms. The third-order valence-corrected chi connectivity index (χ3v) is 5.27. The highest BCUT2D eigenvalue weighted by Crippen LogP contribution is 2.40. The first-order valence-corrected chi connectivity index (χ1v) is 10.2. The number of anilines is 1. The summed E-state index contributed by atoms with van der Waals surface area (Å²) in [6, 6.07) is 6.41. The van der Waals surface area contributed by atoms with Crippen molar-refractivity contribution in [3.05, 3.63) is 83.0 Å². The Bertz CT molecular complexity index is 881. The maximum absolute atomic E-state index is 12.1. The molecule has 4 N–H and O–H groups in total. The van der Waals surface area contributed by atoms with Crippen LogP contribution in [0, 0.1) is 5.41 Å². The monoisotopic (exact) mass is 409 g/mol. The number of amides is 1. The number of phenolic OH excluding ortho intramolecular Hbond substituents is 1. The highest BCUT2D eigenvalue weighted by Gasteiger charge is 2.26. The van der Waals surface area contributed by atoms with E-state index in [0.717, 1.165) is 5.57 Å². The van der Waals surface area contributed by atoms with Crippen LogP contribution in [0.15, 0.2) is 83.0 Å². The second kappa shape index (κ2) is 11.4. The Hall–Kier alpha value is -2.85. The van der Waals surface area contributed by atoms with Crippen LogP contribution in [0.5, 0.6) is 5.75 Å². The largest absolute Gasteiger partial charge is 0.508 e. The van der Waals surface area contributed by atoms with E-state index in [4.69, 9.17) is 0 Å². The zero-order valence-corrected chi connectivity index (χ0v) is 18.8. The first-order chi connectivity index (χ1) is 13.7. The molecule has 162 valence electrons. The molecule has 0 heterocycles. The molecule has 0 aliphatic heterocycles. The van der Waals surface area contributed by atoms with Crippen LogP contribution in [0.25, 0.3) is 0 Å². The number of nitrogens with one attached hydrogen (secondary N) is 1. The minimum absolute atomic E-state index is 0. The second-order valence-corrected chi connectivity index (χ2v) is 8.46. The van der Waals surface area contributed by atoms with Crippen LogP contribution in [0.3, 0.4) is 0 Å². The van der Waals surface area contributed by atoms with Crippen LogP contribution >= 0.6 is 0 Å². The van der Waals surface area contributed by atoms with Gasteiger partial charge in [-0.2, -0.15) is 0 Å². The molecule has 1 aliphatic rings. The van der Waals surface area contributed by atoms with Gasteiger partial charge >= 0.3 is 0 Å². The third-order valence-electron chi connectivity index (χ3n) is 5.27. The van der Waals surface area contributed by atoms with Gasteiger partial charge in [-0.15, -0.1) is 0 Å². The summed E-state index contributed by atoms with van der Waals surface area (Å²) < 4.78 is 0. The number of phenols is 1. The van der Waals surface area contributed by atoms with Crippen molar-refractivity contribution < 1.29 is 15.4 Å². The minimum Gasteiger partial charge on any atom is -0.508 e. The van der Waals surface area contributed by atoms with Crippen molar-refractivity contribution in [2.45, 2.75) is 53.9 Å². The molecule has 1 aromatic carbocycles. The Morgan fingerprint density at radius 2 is 1.77 bits per heavy atom. The average Bonchev–Trinajstić information content (AvgIpc) is 2.62. The van der Waals surface area contributed by atoms with Crippen LogP contribution < -0.4 is 5.32 Å². The maximum Gasteiger partial charge on any atom is 0.248 e. The molecule has 0 saturated carbocycles. The molecule has 1 aromatic rings. The SMILES string of the molecule is CC(C=CC1=C(C)CCCC1(C)C)=CC=CC(C)=CC(=O)Nc1ccc(O)cc1.O. The summed E-state index contributed by atoms with van der Waals surface area (Å²) >= 11 is 0. The molecule has 30 heavy (non-hydrogen) atoms. The number of hydrogen-bond acceptors (Lipinski definition) is 2. The van der Waals surface area contributed by atoms with Crippen molar-refractivity contribution in [2.24, 2.45) is 5.41 Å². The number of rotatable bonds is 6. The molecule has 0 aromatic heterocycles. The normalized spacial score (nSPS) is 17.4. The summed E-state index contributed by atoms with van der Waals surface area (Å²) in [7, 11) is 0. The van der Waals surface area contributed by atoms with Crippen molar-refractivity contribution in [3.63, 3.8) is 0 Å². The molecule has 2 rings (SSSR count). The molecule has 1 amide bonds. The van der Waals surface area contributed by atoms with Gasteiger partial charge in [0.15, 0.2) is 0 Å². The molecule has 0 unspecified atom stereocenters. The van der Waals surface area contributed by atoms with Crippen molar-refractivity contribution in [1.82, 2.24) is 0 Å². The Balaban J connectivity index is 0.00000450. The Labute approximate surface area is 180 Å². The van der Waals surface area contributed by atoms with Crippen LogP contribution in [-0.2, 0) is 4.79 Å². The molecular formula is C26H35NO3. The number of benzene rings is 1. The lowest BCUT2D eigenvalue weighted by atomic mass is 9.72. The van der Waals surface area contributed by atoms with E-state index in [1.54, 1.807) is 30.3 Å². The van der Waals surface area contributed by atoms with E-state index in [2.05, 4.69) is 51.2 Å². The predicted octanol–water partition coefficient (Wildman–Crippen LogP) is 6.04. The highest BCUT2D eigenvalue weighted by molar-refractivity contribution is 5.99. The molecule has 0 atom stereocenters. The Morgan fingerprint density at radius 3 is 2.40 bits per heavy atom. The summed E-state index contributed by atoms with van der Waals surface area (Å²) in [5, 5.41) is 12.1. The van der Waals surface area contributed by atoms with Crippen molar-refractivity contribution >= 4 is 11.6 Å². The molecule has 0 radical (unpaired) electrons. The van der Waals surface area contributed by atoms with Crippen LogP contribution in [0.4, 0.5) is 5.69 Å². The van der Waals surface area contributed by atoms with Gasteiger partial charge in [0.05, 0.1) is 0 Å². The average molecular weight is 410 g/mol. The van der Waals surface area contributed by atoms with Gasteiger partial charge in [-0.3, -0.25) is 4.79 Å². The zero-order chi connectivity index (χ0) is 21.4. The number of aromatic hydroxyl groups is 1. The van der Waals surface area contributed by atoms with Crippen LogP contribution in [0.2, 0.25) is 0 Å². The summed E-state index contributed by atoms with van der Waals surface area (Å²) in [5.41, 5.74) is 5.89. The van der Waals surface area contributed by atoms with Gasteiger partial charge in [0.25, 0.3) is 0 Å². The van der Waals surface area contributed by atoms with Crippen molar-refractivity contribution in [1.29, 1.82) is 0 Å². The molecule has 0 fully saturated rings. The fourth-order valence-corrected chi connectivity index (χ4v) is 3.61. The van der Waals surface area contributed by atoms with E-state index < -0.39 is 0 Å². The predicted molar refractivity (Wildman–Crippen MR) is 126 cm³/mol. The van der Waals surface area contributed by atoms with Gasteiger partial charge in [-0.05, 0) is 80.9 Å². The van der Waals surface area contributed by atoms with Gasteiger partial charge in [0.1, 0.15) is 5.75 Å². The van der Waals surface area contributed by atoms with Gasteiger partial charge in [-0.25, -0.2) is 0 Å². The Morgan fingerprint density at radius 1 is 1.10 bits per heavy atom. The van der Waals surface area contributed by atoms with Crippen molar-refractivity contribution in [2.75, 3.05) is 5.32 Å². The highest BCUT2D eigenvalue weighted by atomic mass is 16.3. The summed E-state index contributed by atoms with van der Waals surface area (Å²) in [6.45, 7) is 10.9. The zero-order valence-electron chi connectivity index (χ0n) is 18.8. The van der Waals surface area contributed by atoms with Crippen LogP contribution in [0.1, 0.15) is 53.9 Å². The Kier molecular flexibility index (Phi) is 9.54. The standard InChI is InChI=1S/C26H33NO2.H2O/c1-19(11-16-24-21(3)10-7-17-26(24,4)5)8-6-9-20(2)18-25(29)27-22-12-14-23(28)15-13-22;/h6,8-9,11-16,18,28H,7,10,17H2,1-5H3,(H,27,29);1H2. The first kappa shape index (κ1) is 25.2. The lowest BCUT2D eigenvalue weighted by molar-refractivity contribution is -0.111. The fraction of sp³-hybridized carbons (Fsp3) is 0.346. The third kappa shape index (κ3) is 7.88. The van der Waals surface area contributed by atoms with Crippen LogP contribution in [-0.4, -0.2) is 16.5 Å². The van der Waals surface area contributed by atoms with Crippen molar-refractivity contribution in [3.8, 4) is 5.75 Å². The van der Waals surface area contributed by atoms with Gasteiger partial charge in [0, 0.05) is 11.8 Å². The van der Waals surface area contributed by atoms with E-state index in [1.165, 1.54) is 36.0 Å². The molecule has 0 bridgehead atoms. The lowest BCUT2D eigenvalue weighted by Gasteiger charge is -2.32. The quantitative estimate of drug-likeness (QED) is 0.341. The summed E-state index contributed by atoms with van der Waals surface area (Å²) in [4.78, 5) is 12.1. The van der Waals surface area contributed by atoms with E-state index >= 15 is 0 Å². The lowest BCUT2D eigenvalue weighted by Crippen LogP contribution is -2.19. The summed E-state index contributed by atoms with van der Waals surface area (Å²) in [6.07, 6.45) is 15.6. The molecular weight excluding hydrogens is 374 g/mol. The minimum atomic E-state index is -0.194. The fourth-order valence-electron chi connectivity index (χ4n) is 3.61. The smallest absolute Gasteiger partial charge is 0.248 e. The topological polar surface area (TPSA) is 80.8 Å². The first-order valence-electron chi connectivity index (χ1n) is 10.2. The molecule has 4 heteroatoms. The maximum atomic E-state index is 12.1. The molecule has 1 aliphatic carbocycles. The van der Waals surface area contributed by atoms with Gasteiger partial charge in [0.2, 0.25) is 5.91 Å². The van der Waals surface area contributed by atoms with E-state index in [9.17, 15) is 9.90 Å². The van der Waals surface area contributed by atoms with E-state index in [1.807, 2.05) is 19.1 Å². The molecule has 0 saturated heterocycles. The number of carbonyl (C=O) groups is 1.